The highest BCUT2D eigenvalue weighted by Gasteiger charge is 2.27. The van der Waals surface area contributed by atoms with Crippen LogP contribution in [0.25, 0.3) is 0 Å². The van der Waals surface area contributed by atoms with Gasteiger partial charge >= 0.3 is 0 Å². The lowest BCUT2D eigenvalue weighted by molar-refractivity contribution is -0.123. The molecular weight excluding hydrogens is 298 g/mol. The smallest absolute Gasteiger partial charge is 0.263 e. The molecule has 0 saturated carbocycles. The van der Waals surface area contributed by atoms with Crippen LogP contribution in [-0.2, 0) is 4.79 Å². The van der Waals surface area contributed by atoms with Gasteiger partial charge in [-0.15, -0.1) is 11.3 Å². The van der Waals surface area contributed by atoms with E-state index >= 15 is 0 Å². The first-order valence-corrected chi connectivity index (χ1v) is 8.96. The van der Waals surface area contributed by atoms with E-state index in [0.29, 0.717) is 12.5 Å². The molecular formula is C16H23N3O2S. The van der Waals surface area contributed by atoms with Gasteiger partial charge in [0.15, 0.2) is 0 Å². The van der Waals surface area contributed by atoms with Crippen LogP contribution in [0.15, 0.2) is 17.5 Å². The fraction of sp³-hybridized carbons (Fsp3) is 0.625. The summed E-state index contributed by atoms with van der Waals surface area (Å²) in [6.45, 7) is 3.18. The number of nitrogens with zero attached hydrogens (tertiary/aromatic N) is 1. The summed E-state index contributed by atoms with van der Waals surface area (Å²) in [5, 5.41) is 8.20. The van der Waals surface area contributed by atoms with Gasteiger partial charge in [-0.25, -0.2) is 0 Å². The summed E-state index contributed by atoms with van der Waals surface area (Å²) in [6.07, 6.45) is 4.09. The Labute approximate surface area is 135 Å². The number of thiophene rings is 1. The van der Waals surface area contributed by atoms with Crippen LogP contribution in [0, 0.1) is 5.92 Å². The van der Waals surface area contributed by atoms with E-state index in [-0.39, 0.29) is 17.9 Å². The van der Waals surface area contributed by atoms with Crippen LogP contribution in [0.3, 0.4) is 0 Å². The highest BCUT2D eigenvalue weighted by atomic mass is 32.1. The topological polar surface area (TPSA) is 61.4 Å². The second-order valence-electron chi connectivity index (χ2n) is 6.13. The van der Waals surface area contributed by atoms with Crippen molar-refractivity contribution in [3.8, 4) is 0 Å². The number of carbonyl (C=O) groups excluding carboxylic acids is 2. The maximum absolute atomic E-state index is 12.4. The third kappa shape index (κ3) is 3.67. The molecule has 1 aromatic rings. The largest absolute Gasteiger partial charge is 0.354 e. The molecule has 2 aliphatic rings. The second-order valence-corrected chi connectivity index (χ2v) is 7.08. The van der Waals surface area contributed by atoms with Crippen molar-refractivity contribution in [1.29, 1.82) is 0 Å². The maximum Gasteiger partial charge on any atom is 0.263 e. The average molecular weight is 321 g/mol. The van der Waals surface area contributed by atoms with Gasteiger partial charge < -0.3 is 15.5 Å². The van der Waals surface area contributed by atoms with Gasteiger partial charge in [0.05, 0.1) is 10.9 Å². The average Bonchev–Trinajstić information content (AvgIpc) is 3.25. The maximum atomic E-state index is 12.4. The van der Waals surface area contributed by atoms with Crippen molar-refractivity contribution in [3.05, 3.63) is 22.4 Å². The Balaban J connectivity index is 1.48. The molecule has 2 atom stereocenters. The fourth-order valence-electron chi connectivity index (χ4n) is 3.25. The van der Waals surface area contributed by atoms with E-state index in [2.05, 4.69) is 10.6 Å². The van der Waals surface area contributed by atoms with Crippen molar-refractivity contribution >= 4 is 23.2 Å². The molecule has 3 rings (SSSR count). The molecule has 2 unspecified atom stereocenters. The van der Waals surface area contributed by atoms with Crippen LogP contribution in [0.1, 0.15) is 35.4 Å². The Morgan fingerprint density at radius 1 is 1.36 bits per heavy atom. The minimum atomic E-state index is -0.0209. The quantitative estimate of drug-likeness (QED) is 0.883. The number of hydrogen-bond acceptors (Lipinski definition) is 4. The zero-order valence-corrected chi connectivity index (χ0v) is 13.5. The van der Waals surface area contributed by atoms with E-state index in [4.69, 9.17) is 0 Å². The Hall–Kier alpha value is -1.40. The van der Waals surface area contributed by atoms with Gasteiger partial charge in [0.1, 0.15) is 0 Å². The van der Waals surface area contributed by atoms with Crippen LogP contribution < -0.4 is 10.6 Å². The SMILES string of the molecule is O=C(NCC1CCCN(C(=O)c2cccs2)C1)C1CCCN1. The van der Waals surface area contributed by atoms with Crippen molar-refractivity contribution in [2.24, 2.45) is 5.92 Å². The van der Waals surface area contributed by atoms with E-state index in [1.54, 1.807) is 0 Å². The lowest BCUT2D eigenvalue weighted by Gasteiger charge is -2.32. The third-order valence-electron chi connectivity index (χ3n) is 4.48. The number of hydrogen-bond donors (Lipinski definition) is 2. The van der Waals surface area contributed by atoms with Crippen LogP contribution in [0.2, 0.25) is 0 Å². The van der Waals surface area contributed by atoms with Gasteiger partial charge in [-0.05, 0) is 49.6 Å². The minimum absolute atomic E-state index is 0.0209. The molecule has 2 N–H and O–H groups in total. The minimum Gasteiger partial charge on any atom is -0.354 e. The van der Waals surface area contributed by atoms with E-state index in [9.17, 15) is 9.59 Å². The lowest BCUT2D eigenvalue weighted by atomic mass is 9.97. The summed E-state index contributed by atoms with van der Waals surface area (Å²) >= 11 is 1.49. The van der Waals surface area contributed by atoms with Gasteiger partial charge in [0.2, 0.25) is 5.91 Å². The van der Waals surface area contributed by atoms with Gasteiger partial charge in [-0.1, -0.05) is 6.07 Å². The molecule has 2 amide bonds. The highest BCUT2D eigenvalue weighted by molar-refractivity contribution is 7.12. The van der Waals surface area contributed by atoms with Gasteiger partial charge in [-0.2, -0.15) is 0 Å². The summed E-state index contributed by atoms with van der Waals surface area (Å²) < 4.78 is 0. The molecule has 0 radical (unpaired) electrons. The number of nitrogens with one attached hydrogen (secondary N) is 2. The fourth-order valence-corrected chi connectivity index (χ4v) is 3.94. The number of amides is 2. The van der Waals surface area contributed by atoms with Crippen molar-refractivity contribution in [1.82, 2.24) is 15.5 Å². The van der Waals surface area contributed by atoms with Crippen molar-refractivity contribution in [2.45, 2.75) is 31.7 Å². The standard InChI is InChI=1S/C16H23N3O2S/c20-15(13-5-1-7-17-13)18-10-12-4-2-8-19(11-12)16(21)14-6-3-9-22-14/h3,6,9,12-13,17H,1-2,4-5,7-8,10-11H2,(H,18,20). The van der Waals surface area contributed by atoms with Crippen LogP contribution in [0.4, 0.5) is 0 Å². The first-order chi connectivity index (χ1) is 10.7. The van der Waals surface area contributed by atoms with E-state index in [1.807, 2.05) is 22.4 Å². The van der Waals surface area contributed by atoms with Crippen LogP contribution in [0.5, 0.6) is 0 Å². The second kappa shape index (κ2) is 7.24. The van der Waals surface area contributed by atoms with Crippen molar-refractivity contribution in [2.75, 3.05) is 26.2 Å². The molecule has 6 heteroatoms. The van der Waals surface area contributed by atoms with Gasteiger partial charge in [0, 0.05) is 19.6 Å². The highest BCUT2D eigenvalue weighted by Crippen LogP contribution is 2.20. The molecule has 2 aliphatic heterocycles. The number of likely N-dealkylation sites (tertiary alicyclic amines) is 1. The summed E-state index contributed by atoms with van der Waals surface area (Å²) in [4.78, 5) is 27.2. The lowest BCUT2D eigenvalue weighted by Crippen LogP contribution is -2.46. The zero-order chi connectivity index (χ0) is 15.4. The van der Waals surface area contributed by atoms with Crippen LogP contribution in [-0.4, -0.2) is 48.9 Å². The summed E-state index contributed by atoms with van der Waals surface area (Å²) in [7, 11) is 0. The number of rotatable bonds is 4. The zero-order valence-electron chi connectivity index (χ0n) is 12.7. The first kappa shape index (κ1) is 15.5. The Bertz CT molecular complexity index is 511. The summed E-state index contributed by atoms with van der Waals surface area (Å²) in [5.74, 6) is 0.603. The number of piperidine rings is 1. The van der Waals surface area contributed by atoms with E-state index in [1.165, 1.54) is 11.3 Å². The molecule has 0 bridgehead atoms. The summed E-state index contributed by atoms with van der Waals surface area (Å²) in [6, 6.07) is 3.77. The molecule has 0 aliphatic carbocycles. The predicted octanol–water partition coefficient (Wildman–Crippen LogP) is 1.47. The monoisotopic (exact) mass is 321 g/mol. The molecule has 0 spiro atoms. The first-order valence-electron chi connectivity index (χ1n) is 8.08. The number of carbonyl (C=O) groups is 2. The normalized spacial score (nSPS) is 25.2. The molecule has 120 valence electrons. The van der Waals surface area contributed by atoms with Gasteiger partial charge in [-0.3, -0.25) is 9.59 Å². The molecule has 3 heterocycles. The van der Waals surface area contributed by atoms with E-state index < -0.39 is 0 Å². The van der Waals surface area contributed by atoms with Crippen LogP contribution >= 0.6 is 11.3 Å². The Kier molecular flexibility index (Phi) is 5.10. The predicted molar refractivity (Wildman–Crippen MR) is 87.0 cm³/mol. The van der Waals surface area contributed by atoms with Crippen molar-refractivity contribution < 1.29 is 9.59 Å². The Morgan fingerprint density at radius 3 is 3.00 bits per heavy atom. The molecule has 5 nitrogen and oxygen atoms in total. The van der Waals surface area contributed by atoms with Crippen molar-refractivity contribution in [3.63, 3.8) is 0 Å². The molecule has 22 heavy (non-hydrogen) atoms. The van der Waals surface area contributed by atoms with Gasteiger partial charge in [0.25, 0.3) is 5.91 Å². The summed E-state index contributed by atoms with van der Waals surface area (Å²) in [5.41, 5.74) is 0. The molecule has 1 aromatic heterocycles. The van der Waals surface area contributed by atoms with E-state index in [0.717, 1.165) is 50.2 Å². The molecule has 0 aromatic carbocycles. The molecule has 2 saturated heterocycles. The third-order valence-corrected chi connectivity index (χ3v) is 5.34. The Morgan fingerprint density at radius 2 is 2.27 bits per heavy atom. The molecule has 2 fully saturated rings.